The summed E-state index contributed by atoms with van der Waals surface area (Å²) in [6, 6.07) is 0. The van der Waals surface area contributed by atoms with Gasteiger partial charge < -0.3 is 25.4 Å². The molecule has 2 aliphatic heterocycles. The highest BCUT2D eigenvalue weighted by Gasteiger charge is 2.57. The number of rotatable bonds is 5. The van der Waals surface area contributed by atoms with Crippen molar-refractivity contribution in [1.29, 1.82) is 0 Å². The summed E-state index contributed by atoms with van der Waals surface area (Å²) in [4.78, 5) is 24.9. The first-order chi connectivity index (χ1) is 9.60. The van der Waals surface area contributed by atoms with Crippen molar-refractivity contribution in [3.8, 4) is 0 Å². The maximum atomic E-state index is 10.8. The lowest BCUT2D eigenvalue weighted by Gasteiger charge is -2.35. The minimum atomic E-state index is -1.59. The zero-order valence-electron chi connectivity index (χ0n) is 10.2. The van der Waals surface area contributed by atoms with Gasteiger partial charge in [-0.25, -0.2) is 4.99 Å². The fraction of sp³-hybridized carbons (Fsp3) is 0.600. The van der Waals surface area contributed by atoms with E-state index in [1.807, 2.05) is 0 Å². The van der Waals surface area contributed by atoms with E-state index in [0.717, 1.165) is 0 Å². The predicted octanol–water partition coefficient (Wildman–Crippen LogP) is -3.90. The summed E-state index contributed by atoms with van der Waals surface area (Å²) in [5, 5.41) is 34.9. The lowest BCUT2D eigenvalue weighted by atomic mass is 9.93. The molecule has 0 aromatic carbocycles. The van der Waals surface area contributed by atoms with Crippen LogP contribution in [0.4, 0.5) is 0 Å². The molecule has 5 N–H and O–H groups in total. The van der Waals surface area contributed by atoms with Gasteiger partial charge in [0.05, 0.1) is 12.8 Å². The number of amides is 2. The molecule has 2 rings (SSSR count). The largest absolute Gasteiger partial charge is 0.394 e. The van der Waals surface area contributed by atoms with Crippen LogP contribution in [-0.2, 0) is 14.3 Å². The van der Waals surface area contributed by atoms with Crippen LogP contribution in [0.3, 0.4) is 0 Å². The second-order valence-corrected chi connectivity index (χ2v) is 4.32. The average molecular weight is 286 g/mol. The molecule has 0 bridgehead atoms. The zero-order valence-corrected chi connectivity index (χ0v) is 10.2. The monoisotopic (exact) mass is 286 g/mol. The van der Waals surface area contributed by atoms with E-state index >= 15 is 0 Å². The molecule has 2 heterocycles. The summed E-state index contributed by atoms with van der Waals surface area (Å²) < 4.78 is 5.34. The normalized spacial score (nSPS) is 41.6. The van der Waals surface area contributed by atoms with Crippen molar-refractivity contribution in [2.24, 2.45) is 10.1 Å². The Kier molecular flexibility index (Phi) is 4.09. The molecular formula is C10H14N4O6. The highest BCUT2D eigenvalue weighted by atomic mass is 16.6. The van der Waals surface area contributed by atoms with E-state index in [4.69, 9.17) is 9.84 Å². The Morgan fingerprint density at radius 2 is 2.25 bits per heavy atom. The molecule has 0 aromatic rings. The van der Waals surface area contributed by atoms with Crippen molar-refractivity contribution < 1.29 is 29.6 Å². The van der Waals surface area contributed by atoms with Gasteiger partial charge in [0, 0.05) is 0 Å². The third-order valence-corrected chi connectivity index (χ3v) is 3.28. The van der Waals surface area contributed by atoms with Crippen LogP contribution < -0.4 is 10.7 Å². The van der Waals surface area contributed by atoms with Gasteiger partial charge in [0.2, 0.25) is 12.8 Å². The maximum Gasteiger partial charge on any atom is 0.233 e. The SMILES string of the molecule is O=CN=C1C=NNC1(NC=O)C1O[C@H](CO)[C@@H](O)[C@H]1O. The second-order valence-electron chi connectivity index (χ2n) is 4.32. The number of carbonyl (C=O) groups excluding carboxylic acids is 2. The molecule has 0 radical (unpaired) electrons. The second kappa shape index (κ2) is 5.63. The molecule has 0 aromatic heterocycles. The van der Waals surface area contributed by atoms with E-state index in [9.17, 15) is 19.8 Å². The number of hydrogen-bond donors (Lipinski definition) is 5. The lowest BCUT2D eigenvalue weighted by Crippen LogP contribution is -2.68. The first-order valence-corrected chi connectivity index (χ1v) is 5.76. The Morgan fingerprint density at radius 1 is 1.50 bits per heavy atom. The summed E-state index contributed by atoms with van der Waals surface area (Å²) in [5.74, 6) is 0. The molecule has 1 saturated heterocycles. The summed E-state index contributed by atoms with van der Waals surface area (Å²) in [6.07, 6.45) is -3.25. The number of nitrogens with zero attached hydrogens (tertiary/aromatic N) is 2. The quantitative estimate of drug-likeness (QED) is 0.324. The fourth-order valence-corrected chi connectivity index (χ4v) is 2.29. The first kappa shape index (κ1) is 14.5. The number of hydrogen-bond acceptors (Lipinski definition) is 8. The van der Waals surface area contributed by atoms with Crippen molar-refractivity contribution in [3.05, 3.63) is 0 Å². The average Bonchev–Trinajstić information content (AvgIpc) is 2.95. The van der Waals surface area contributed by atoms with Gasteiger partial charge in [0.1, 0.15) is 30.1 Å². The van der Waals surface area contributed by atoms with E-state index in [2.05, 4.69) is 20.8 Å². The van der Waals surface area contributed by atoms with Crippen LogP contribution in [0.15, 0.2) is 10.1 Å². The highest BCUT2D eigenvalue weighted by Crippen LogP contribution is 2.30. The van der Waals surface area contributed by atoms with Crippen LogP contribution >= 0.6 is 0 Å². The zero-order chi connectivity index (χ0) is 14.8. The van der Waals surface area contributed by atoms with E-state index in [1.165, 1.54) is 6.21 Å². The molecule has 0 spiro atoms. The number of aliphatic imine (C=N–C) groups is 1. The minimum Gasteiger partial charge on any atom is -0.394 e. The van der Waals surface area contributed by atoms with Gasteiger partial charge in [-0.3, -0.25) is 15.0 Å². The number of ether oxygens (including phenoxy) is 1. The topological polar surface area (TPSA) is 153 Å². The number of hydrazone groups is 1. The van der Waals surface area contributed by atoms with Crippen molar-refractivity contribution in [1.82, 2.24) is 10.7 Å². The van der Waals surface area contributed by atoms with Gasteiger partial charge in [-0.15, -0.1) is 0 Å². The Balaban J connectivity index is 2.37. The number of carbonyl (C=O) groups is 2. The predicted molar refractivity (Wildman–Crippen MR) is 64.8 cm³/mol. The number of aliphatic hydroxyl groups excluding tert-OH is 3. The molecule has 5 atom stereocenters. The number of nitrogens with one attached hydrogen (secondary N) is 2. The van der Waals surface area contributed by atoms with Gasteiger partial charge in [-0.2, -0.15) is 5.10 Å². The third-order valence-electron chi connectivity index (χ3n) is 3.28. The highest BCUT2D eigenvalue weighted by molar-refractivity contribution is 6.37. The van der Waals surface area contributed by atoms with Crippen LogP contribution in [0.2, 0.25) is 0 Å². The van der Waals surface area contributed by atoms with Gasteiger partial charge in [-0.1, -0.05) is 0 Å². The molecule has 0 aliphatic carbocycles. The van der Waals surface area contributed by atoms with E-state index in [-0.39, 0.29) is 12.1 Å². The lowest BCUT2D eigenvalue weighted by molar-refractivity contribution is -0.114. The standard InChI is InChI=1S/C10H14N4O6/c15-2-5-7(18)8(19)9(20-5)10(12-4-17)6(11-3-16)1-13-14-10/h1,3-5,7-9,14-15,18-19H,2H2,(H,12,17)/t5-,7-,8-,9?,10?/m1/s1. The van der Waals surface area contributed by atoms with Gasteiger partial charge >= 0.3 is 0 Å². The molecule has 20 heavy (non-hydrogen) atoms. The molecule has 110 valence electrons. The Bertz CT molecular complexity index is 455. The van der Waals surface area contributed by atoms with Crippen LogP contribution in [0.1, 0.15) is 0 Å². The molecular weight excluding hydrogens is 272 g/mol. The van der Waals surface area contributed by atoms with Crippen LogP contribution in [0.5, 0.6) is 0 Å². The number of aliphatic hydroxyl groups is 3. The maximum absolute atomic E-state index is 10.8. The van der Waals surface area contributed by atoms with Crippen molar-refractivity contribution in [3.63, 3.8) is 0 Å². The molecule has 2 aliphatic rings. The van der Waals surface area contributed by atoms with Gasteiger partial charge in [0.15, 0.2) is 5.66 Å². The molecule has 2 amide bonds. The summed E-state index contributed by atoms with van der Waals surface area (Å²) in [7, 11) is 0. The van der Waals surface area contributed by atoms with Crippen molar-refractivity contribution in [2.45, 2.75) is 30.1 Å². The molecule has 0 saturated carbocycles. The van der Waals surface area contributed by atoms with Gasteiger partial charge in [0.25, 0.3) is 0 Å². The smallest absolute Gasteiger partial charge is 0.233 e. The van der Waals surface area contributed by atoms with Crippen LogP contribution in [0, 0.1) is 0 Å². The Labute approximate surface area is 113 Å². The molecule has 1 fully saturated rings. The van der Waals surface area contributed by atoms with Gasteiger partial charge in [-0.05, 0) is 0 Å². The summed E-state index contributed by atoms with van der Waals surface area (Å²) >= 11 is 0. The van der Waals surface area contributed by atoms with E-state index in [0.29, 0.717) is 6.41 Å². The van der Waals surface area contributed by atoms with Crippen LogP contribution in [-0.4, -0.2) is 76.8 Å². The van der Waals surface area contributed by atoms with Crippen LogP contribution in [0.25, 0.3) is 0 Å². The van der Waals surface area contributed by atoms with E-state index < -0.39 is 36.7 Å². The molecule has 10 heteroatoms. The van der Waals surface area contributed by atoms with Crippen molar-refractivity contribution in [2.75, 3.05) is 6.61 Å². The Morgan fingerprint density at radius 3 is 2.80 bits per heavy atom. The minimum absolute atomic E-state index is 0.00874. The molecule has 2 unspecified atom stereocenters. The Hall–Kier alpha value is -1.88. The third kappa shape index (κ3) is 2.08. The summed E-state index contributed by atoms with van der Waals surface area (Å²) in [5.41, 5.74) is 0.922. The fourth-order valence-electron chi connectivity index (χ4n) is 2.29. The van der Waals surface area contributed by atoms with E-state index in [1.54, 1.807) is 0 Å². The summed E-state index contributed by atoms with van der Waals surface area (Å²) in [6.45, 7) is -0.521. The molecule has 10 nitrogen and oxygen atoms in total. The first-order valence-electron chi connectivity index (χ1n) is 5.76. The van der Waals surface area contributed by atoms with Crippen molar-refractivity contribution >= 4 is 24.7 Å².